The van der Waals surface area contributed by atoms with Crippen molar-refractivity contribution in [2.75, 3.05) is 26.7 Å². The molecule has 0 amide bonds. The first-order chi connectivity index (χ1) is 15.1. The minimum Gasteiger partial charge on any atom is -0.471 e. The zero-order valence-electron chi connectivity index (χ0n) is 18.9. The molecule has 0 spiro atoms. The number of benzene rings is 1. The van der Waals surface area contributed by atoms with Crippen LogP contribution in [0.1, 0.15) is 39.7 Å². The largest absolute Gasteiger partial charge is 0.471 e. The Morgan fingerprint density at radius 1 is 1.24 bits per heavy atom. The van der Waals surface area contributed by atoms with Crippen molar-refractivity contribution in [2.24, 2.45) is 5.41 Å². The van der Waals surface area contributed by atoms with Gasteiger partial charge in [0.25, 0.3) is 0 Å². The number of halogens is 6. The van der Waals surface area contributed by atoms with E-state index in [1.54, 1.807) is 20.8 Å². The molecule has 1 atom stereocenters. The van der Waals surface area contributed by atoms with E-state index in [9.17, 15) is 17.6 Å². The zero-order valence-corrected chi connectivity index (χ0v) is 20.5. The van der Waals surface area contributed by atoms with Gasteiger partial charge in [0.1, 0.15) is 17.7 Å². The summed E-state index contributed by atoms with van der Waals surface area (Å²) < 4.78 is 79.5. The Morgan fingerprint density at radius 2 is 1.91 bits per heavy atom. The highest BCUT2D eigenvalue weighted by Crippen LogP contribution is 2.42. The summed E-state index contributed by atoms with van der Waals surface area (Å²) in [7, 11) is 1.90. The van der Waals surface area contributed by atoms with Crippen molar-refractivity contribution in [1.29, 1.82) is 0 Å². The summed E-state index contributed by atoms with van der Waals surface area (Å²) in [5.74, 6) is -1.45. The van der Waals surface area contributed by atoms with Crippen LogP contribution in [0, 0.1) is 11.2 Å². The van der Waals surface area contributed by atoms with Gasteiger partial charge < -0.3 is 14.4 Å². The molecule has 1 aromatic carbocycles. The lowest BCUT2D eigenvalue weighted by atomic mass is 9.78. The normalized spacial score (nSPS) is 21.6. The Bertz CT molecular complexity index is 1080. The van der Waals surface area contributed by atoms with Crippen LogP contribution in [0.25, 0.3) is 10.9 Å². The Balaban J connectivity index is 2.09. The number of hydrogen-bond acceptors (Lipinski definition) is 5. The number of rotatable bonds is 4. The molecule has 1 saturated heterocycles. The molecule has 1 aliphatic heterocycles. The van der Waals surface area contributed by atoms with Gasteiger partial charge in [-0.15, -0.1) is 0 Å². The number of hydrogen-bond donors (Lipinski definition) is 0. The van der Waals surface area contributed by atoms with E-state index in [0.29, 0.717) is 31.4 Å². The van der Waals surface area contributed by atoms with E-state index < -0.39 is 33.0 Å². The maximum Gasteiger partial charge on any atom is 0.417 e. The smallest absolute Gasteiger partial charge is 0.417 e. The number of fused-ring (bicyclic) bond motifs is 1. The van der Waals surface area contributed by atoms with Crippen molar-refractivity contribution >= 4 is 26.8 Å². The number of alkyl halides is 3. The van der Waals surface area contributed by atoms with Crippen LogP contribution in [-0.2, 0) is 6.18 Å². The first kappa shape index (κ1) is 25.6. The highest BCUT2D eigenvalue weighted by Gasteiger charge is 2.38. The van der Waals surface area contributed by atoms with Crippen LogP contribution < -0.4 is 9.47 Å². The topological polar surface area (TPSA) is 47.5 Å². The average molecular weight is 538 g/mol. The minimum atomic E-state index is -4.81. The second kappa shape index (κ2) is 8.98. The molecule has 0 radical (unpaired) electrons. The number of nitrogens with zero attached hydrogens (tertiary/aromatic N) is 3. The number of ether oxygens (including phenoxy) is 2. The van der Waals surface area contributed by atoms with E-state index in [4.69, 9.17) is 9.47 Å². The Morgan fingerprint density at radius 3 is 2.48 bits per heavy atom. The fourth-order valence-electron chi connectivity index (χ4n) is 3.73. The fraction of sp³-hybridized carbons (Fsp3) is 0.545. The predicted molar refractivity (Wildman–Crippen MR) is 117 cm³/mol. The summed E-state index contributed by atoms with van der Waals surface area (Å²) in [5.41, 5.74) is -2.56. The summed E-state index contributed by atoms with van der Waals surface area (Å²) in [5, 5.41) is -0.238. The third kappa shape index (κ3) is 5.56. The van der Waals surface area contributed by atoms with Gasteiger partial charge in [0.2, 0.25) is 5.88 Å². The van der Waals surface area contributed by atoms with Crippen LogP contribution >= 0.6 is 15.9 Å². The second-order valence-electron chi connectivity index (χ2n) is 9.44. The van der Waals surface area contributed by atoms with Crippen molar-refractivity contribution < 1.29 is 31.4 Å². The van der Waals surface area contributed by atoms with E-state index in [2.05, 4.69) is 25.9 Å². The molecule has 1 aromatic heterocycles. The molecule has 11 heteroatoms. The highest BCUT2D eigenvalue weighted by molar-refractivity contribution is 9.10. The molecule has 2 heterocycles. The van der Waals surface area contributed by atoms with Crippen molar-refractivity contribution in [2.45, 2.75) is 45.9 Å². The van der Waals surface area contributed by atoms with Crippen molar-refractivity contribution in [3.8, 4) is 11.9 Å². The van der Waals surface area contributed by atoms with Gasteiger partial charge in [-0.3, -0.25) is 0 Å². The molecule has 2 aromatic rings. The Labute approximate surface area is 197 Å². The molecule has 3 rings (SSSR count). The van der Waals surface area contributed by atoms with Gasteiger partial charge in [-0.2, -0.15) is 23.1 Å². The molecule has 5 nitrogen and oxygen atoms in total. The minimum absolute atomic E-state index is 0.0169. The third-order valence-corrected chi connectivity index (χ3v) is 6.11. The molecular weight excluding hydrogens is 513 g/mol. The van der Waals surface area contributed by atoms with E-state index in [0.717, 1.165) is 6.07 Å². The van der Waals surface area contributed by atoms with Gasteiger partial charge in [0.05, 0.1) is 21.8 Å². The lowest BCUT2D eigenvalue weighted by molar-refractivity contribution is -0.138. The van der Waals surface area contributed by atoms with Gasteiger partial charge in [0, 0.05) is 18.5 Å². The van der Waals surface area contributed by atoms with Gasteiger partial charge in [-0.25, -0.2) is 8.78 Å². The molecule has 0 saturated carbocycles. The molecule has 1 aliphatic rings. The summed E-state index contributed by atoms with van der Waals surface area (Å²) in [4.78, 5) is 10.2. The first-order valence-electron chi connectivity index (χ1n) is 10.2. The van der Waals surface area contributed by atoms with Gasteiger partial charge in [-0.05, 0) is 61.8 Å². The van der Waals surface area contributed by atoms with Crippen LogP contribution in [0.3, 0.4) is 0 Å². The van der Waals surface area contributed by atoms with Gasteiger partial charge in [0.15, 0.2) is 5.82 Å². The summed E-state index contributed by atoms with van der Waals surface area (Å²) in [6.07, 6.45) is -3.72. The highest BCUT2D eigenvalue weighted by atomic mass is 79.9. The number of piperidine rings is 1. The van der Waals surface area contributed by atoms with Crippen LogP contribution in [0.5, 0.6) is 11.9 Å². The van der Waals surface area contributed by atoms with Crippen LogP contribution in [0.2, 0.25) is 0 Å². The molecular formula is C22H25BrF5N3O2. The number of aromatic nitrogens is 2. The monoisotopic (exact) mass is 537 g/mol. The van der Waals surface area contributed by atoms with E-state index in [1.165, 1.54) is 0 Å². The van der Waals surface area contributed by atoms with E-state index >= 15 is 4.39 Å². The summed E-state index contributed by atoms with van der Waals surface area (Å²) >= 11 is 2.69. The van der Waals surface area contributed by atoms with Crippen LogP contribution in [-0.4, -0.2) is 47.2 Å². The first-order valence-corrected chi connectivity index (χ1v) is 11.0. The molecule has 182 valence electrons. The molecule has 0 N–H and O–H groups in total. The maximum atomic E-state index is 15.0. The zero-order chi connectivity index (χ0) is 24.8. The summed E-state index contributed by atoms with van der Waals surface area (Å²) in [6, 6.07) is 0.467. The molecule has 1 fully saturated rings. The van der Waals surface area contributed by atoms with Crippen molar-refractivity contribution in [1.82, 2.24) is 14.9 Å². The summed E-state index contributed by atoms with van der Waals surface area (Å²) in [6.45, 7) is 8.06. The molecule has 0 bridgehead atoms. The van der Waals surface area contributed by atoms with Crippen LogP contribution in [0.4, 0.5) is 22.0 Å². The SMILES string of the molecule is CN1CCC(=CF)C(C)(COc2nc(OC(C)(C)C)c3cc(C(F)(F)F)c(Br)c(F)c3n2)C1. The van der Waals surface area contributed by atoms with Gasteiger partial charge in [-0.1, -0.05) is 6.92 Å². The van der Waals surface area contributed by atoms with Gasteiger partial charge >= 0.3 is 12.2 Å². The Kier molecular flexibility index (Phi) is 6.97. The Hall–Kier alpha value is -2.01. The quantitative estimate of drug-likeness (QED) is 0.428. The third-order valence-electron chi connectivity index (χ3n) is 5.33. The second-order valence-corrected chi connectivity index (χ2v) is 10.2. The van der Waals surface area contributed by atoms with E-state index in [1.807, 2.05) is 18.9 Å². The van der Waals surface area contributed by atoms with Crippen molar-refractivity contribution in [3.05, 3.63) is 33.8 Å². The lowest BCUT2D eigenvalue weighted by Gasteiger charge is -2.40. The lowest BCUT2D eigenvalue weighted by Crippen LogP contribution is -2.44. The predicted octanol–water partition coefficient (Wildman–Crippen LogP) is 6.30. The molecule has 1 unspecified atom stereocenters. The number of likely N-dealkylation sites (tertiary alicyclic amines) is 1. The van der Waals surface area contributed by atoms with Crippen LogP contribution in [0.15, 0.2) is 22.4 Å². The average Bonchev–Trinajstić information content (AvgIpc) is 2.67. The van der Waals surface area contributed by atoms with Crippen molar-refractivity contribution in [3.63, 3.8) is 0 Å². The maximum absolute atomic E-state index is 15.0. The van der Waals surface area contributed by atoms with E-state index in [-0.39, 0.29) is 29.4 Å². The fourth-order valence-corrected chi connectivity index (χ4v) is 4.26. The molecule has 33 heavy (non-hydrogen) atoms. The molecule has 0 aliphatic carbocycles. The standard InChI is InChI=1S/C22H25BrF5N3O2/c1-20(2,3)33-18-13-8-14(22(26,27)28)15(23)16(25)17(13)29-19(30-18)32-11-21(4)10-31(5)7-6-12(21)9-24/h8-9H,6-7,10-11H2,1-5H3.